The van der Waals surface area contributed by atoms with Crippen molar-refractivity contribution in [2.75, 3.05) is 6.61 Å². The van der Waals surface area contributed by atoms with Crippen molar-refractivity contribution in [2.45, 2.75) is 44.7 Å². The molecule has 1 atom stereocenters. The first-order valence-electron chi connectivity index (χ1n) is 7.34. The first-order chi connectivity index (χ1) is 10.5. The van der Waals surface area contributed by atoms with Crippen LogP contribution in [-0.4, -0.2) is 40.5 Å². The second kappa shape index (κ2) is 7.69. The van der Waals surface area contributed by atoms with E-state index in [-0.39, 0.29) is 24.1 Å². The van der Waals surface area contributed by atoms with Gasteiger partial charge in [0.15, 0.2) is 11.8 Å². The summed E-state index contributed by atoms with van der Waals surface area (Å²) in [6.07, 6.45) is 4.94. The SMILES string of the molecule is CCCOC(=O)C(NC1CCC1)C(=O)c1cnc(O)c(Br)c1. The van der Waals surface area contributed by atoms with Crippen LogP contribution < -0.4 is 5.32 Å². The second-order valence-corrected chi connectivity index (χ2v) is 6.14. The highest BCUT2D eigenvalue weighted by Crippen LogP contribution is 2.23. The molecule has 0 aromatic carbocycles. The Morgan fingerprint density at radius 1 is 1.55 bits per heavy atom. The number of hydrogen-bond donors (Lipinski definition) is 2. The molecular formula is C15H19BrN2O4. The van der Waals surface area contributed by atoms with E-state index < -0.39 is 17.8 Å². The lowest BCUT2D eigenvalue weighted by Gasteiger charge is -2.30. The molecule has 7 heteroatoms. The highest BCUT2D eigenvalue weighted by Gasteiger charge is 2.33. The van der Waals surface area contributed by atoms with E-state index in [1.807, 2.05) is 6.92 Å². The molecule has 0 saturated heterocycles. The first kappa shape index (κ1) is 16.9. The number of carbonyl (C=O) groups is 2. The van der Waals surface area contributed by atoms with Crippen LogP contribution in [0.4, 0.5) is 0 Å². The minimum absolute atomic E-state index is 0.164. The number of carbonyl (C=O) groups excluding carboxylic acids is 2. The van der Waals surface area contributed by atoms with Gasteiger partial charge in [0.1, 0.15) is 0 Å². The maximum Gasteiger partial charge on any atom is 0.331 e. The van der Waals surface area contributed by atoms with Crippen LogP contribution in [0.2, 0.25) is 0 Å². The number of nitrogens with zero attached hydrogens (tertiary/aromatic N) is 1. The average Bonchev–Trinajstić information content (AvgIpc) is 2.46. The lowest BCUT2D eigenvalue weighted by molar-refractivity contribution is -0.145. The normalized spacial score (nSPS) is 15.9. The van der Waals surface area contributed by atoms with Crippen LogP contribution in [-0.2, 0) is 9.53 Å². The summed E-state index contributed by atoms with van der Waals surface area (Å²) in [6.45, 7) is 2.18. The molecule has 0 spiro atoms. The van der Waals surface area contributed by atoms with Gasteiger partial charge in [-0.05, 0) is 41.3 Å². The molecule has 1 aliphatic carbocycles. The summed E-state index contributed by atoms with van der Waals surface area (Å²) >= 11 is 3.12. The summed E-state index contributed by atoms with van der Waals surface area (Å²) < 4.78 is 5.42. The predicted molar refractivity (Wildman–Crippen MR) is 83.7 cm³/mol. The highest BCUT2D eigenvalue weighted by atomic mass is 79.9. The number of aromatic hydroxyl groups is 1. The second-order valence-electron chi connectivity index (χ2n) is 5.29. The van der Waals surface area contributed by atoms with Crippen molar-refractivity contribution >= 4 is 27.7 Å². The number of pyridine rings is 1. The minimum Gasteiger partial charge on any atom is -0.492 e. The number of halogens is 1. The monoisotopic (exact) mass is 370 g/mol. The molecule has 1 heterocycles. The number of esters is 1. The third-order valence-corrected chi connectivity index (χ3v) is 4.14. The van der Waals surface area contributed by atoms with Gasteiger partial charge in [-0.1, -0.05) is 13.3 Å². The molecule has 1 aromatic heterocycles. The van der Waals surface area contributed by atoms with E-state index in [9.17, 15) is 14.7 Å². The summed E-state index contributed by atoms with van der Waals surface area (Å²) in [6, 6.07) is 0.583. The fourth-order valence-electron chi connectivity index (χ4n) is 2.08. The summed E-state index contributed by atoms with van der Waals surface area (Å²) in [5.74, 6) is -1.17. The summed E-state index contributed by atoms with van der Waals surface area (Å²) in [5, 5.41) is 12.5. The van der Waals surface area contributed by atoms with Crippen molar-refractivity contribution in [2.24, 2.45) is 0 Å². The zero-order chi connectivity index (χ0) is 16.1. The predicted octanol–water partition coefficient (Wildman–Crippen LogP) is 2.20. The van der Waals surface area contributed by atoms with Gasteiger partial charge in [0.25, 0.3) is 0 Å². The van der Waals surface area contributed by atoms with Gasteiger partial charge in [-0.25, -0.2) is 9.78 Å². The fourth-order valence-corrected chi connectivity index (χ4v) is 2.43. The number of nitrogens with one attached hydrogen (secondary N) is 1. The Bertz CT molecular complexity index is 560. The van der Waals surface area contributed by atoms with Crippen LogP contribution in [0.5, 0.6) is 5.88 Å². The Balaban J connectivity index is 2.16. The summed E-state index contributed by atoms with van der Waals surface area (Å²) in [5.41, 5.74) is 0.245. The maximum atomic E-state index is 12.6. The Labute approximate surface area is 137 Å². The van der Waals surface area contributed by atoms with Crippen molar-refractivity contribution < 1.29 is 19.4 Å². The summed E-state index contributed by atoms with van der Waals surface area (Å²) in [7, 11) is 0. The molecule has 1 saturated carbocycles. The topological polar surface area (TPSA) is 88.5 Å². The van der Waals surface area contributed by atoms with E-state index in [4.69, 9.17) is 4.74 Å². The fraction of sp³-hybridized carbons (Fsp3) is 0.533. The number of Topliss-reactive ketones (excluding diaryl/α,β-unsaturated/α-hetero) is 1. The third-order valence-electron chi connectivity index (χ3n) is 3.56. The largest absolute Gasteiger partial charge is 0.492 e. The van der Waals surface area contributed by atoms with Gasteiger partial charge in [-0.2, -0.15) is 0 Å². The minimum atomic E-state index is -1.03. The van der Waals surface area contributed by atoms with E-state index >= 15 is 0 Å². The lowest BCUT2D eigenvalue weighted by atomic mass is 9.91. The van der Waals surface area contributed by atoms with Gasteiger partial charge in [0, 0.05) is 17.8 Å². The molecule has 2 N–H and O–H groups in total. The molecule has 1 fully saturated rings. The molecular weight excluding hydrogens is 352 g/mol. The van der Waals surface area contributed by atoms with Crippen molar-refractivity contribution in [1.82, 2.24) is 10.3 Å². The smallest absolute Gasteiger partial charge is 0.331 e. The Hall–Kier alpha value is -1.47. The maximum absolute atomic E-state index is 12.6. The number of ketones is 1. The lowest BCUT2D eigenvalue weighted by Crippen LogP contribution is -2.51. The van der Waals surface area contributed by atoms with Gasteiger partial charge in [0.05, 0.1) is 11.1 Å². The quantitative estimate of drug-likeness (QED) is 0.434. The van der Waals surface area contributed by atoms with Crippen molar-refractivity contribution in [3.63, 3.8) is 0 Å². The van der Waals surface area contributed by atoms with E-state index in [2.05, 4.69) is 26.2 Å². The number of rotatable bonds is 7. The van der Waals surface area contributed by atoms with E-state index in [1.54, 1.807) is 0 Å². The van der Waals surface area contributed by atoms with Crippen LogP contribution in [0.15, 0.2) is 16.7 Å². The molecule has 6 nitrogen and oxygen atoms in total. The number of hydrogen-bond acceptors (Lipinski definition) is 6. The van der Waals surface area contributed by atoms with Gasteiger partial charge < -0.3 is 9.84 Å². The third kappa shape index (κ3) is 4.04. The molecule has 0 amide bonds. The molecule has 0 radical (unpaired) electrons. The van der Waals surface area contributed by atoms with Gasteiger partial charge >= 0.3 is 5.97 Å². The van der Waals surface area contributed by atoms with Crippen LogP contribution in [0.3, 0.4) is 0 Å². The summed E-state index contributed by atoms with van der Waals surface area (Å²) in [4.78, 5) is 28.5. The average molecular weight is 371 g/mol. The van der Waals surface area contributed by atoms with Crippen molar-refractivity contribution in [3.8, 4) is 5.88 Å². The van der Waals surface area contributed by atoms with Gasteiger partial charge in [-0.3, -0.25) is 10.1 Å². The van der Waals surface area contributed by atoms with E-state index in [0.717, 1.165) is 19.3 Å². The Morgan fingerprint density at radius 2 is 2.27 bits per heavy atom. The Kier molecular flexibility index (Phi) is 5.90. The molecule has 0 aliphatic heterocycles. The zero-order valence-corrected chi connectivity index (χ0v) is 13.9. The molecule has 22 heavy (non-hydrogen) atoms. The number of ether oxygens (including phenoxy) is 1. The molecule has 1 aliphatic rings. The van der Waals surface area contributed by atoms with Crippen LogP contribution in [0.1, 0.15) is 43.0 Å². The number of aromatic nitrogens is 1. The standard InChI is InChI=1S/C15H19BrN2O4/c1-2-6-22-15(21)12(18-10-4-3-5-10)13(19)9-7-11(16)14(20)17-8-9/h7-8,10,12,18H,2-6H2,1H3,(H,17,20). The van der Waals surface area contributed by atoms with Crippen LogP contribution in [0, 0.1) is 0 Å². The van der Waals surface area contributed by atoms with Gasteiger partial charge in [0.2, 0.25) is 5.88 Å². The molecule has 2 rings (SSSR count). The molecule has 1 aromatic rings. The van der Waals surface area contributed by atoms with Gasteiger partial charge in [-0.15, -0.1) is 0 Å². The first-order valence-corrected chi connectivity index (χ1v) is 8.13. The molecule has 1 unspecified atom stereocenters. The van der Waals surface area contributed by atoms with Crippen molar-refractivity contribution in [1.29, 1.82) is 0 Å². The van der Waals surface area contributed by atoms with Crippen LogP contribution in [0.25, 0.3) is 0 Å². The zero-order valence-electron chi connectivity index (χ0n) is 12.3. The molecule has 0 bridgehead atoms. The van der Waals surface area contributed by atoms with E-state index in [0.29, 0.717) is 10.9 Å². The van der Waals surface area contributed by atoms with E-state index in [1.165, 1.54) is 12.3 Å². The van der Waals surface area contributed by atoms with Crippen LogP contribution >= 0.6 is 15.9 Å². The molecule has 120 valence electrons. The van der Waals surface area contributed by atoms with Crippen molar-refractivity contribution in [3.05, 3.63) is 22.3 Å². The Morgan fingerprint density at radius 3 is 2.82 bits per heavy atom. The highest BCUT2D eigenvalue weighted by molar-refractivity contribution is 9.10.